The molecule has 7 nitrogen and oxygen atoms in total. The summed E-state index contributed by atoms with van der Waals surface area (Å²) in [6.45, 7) is 0. The molecule has 26 heavy (non-hydrogen) atoms. The van der Waals surface area contributed by atoms with Crippen LogP contribution in [0.4, 0.5) is 5.69 Å². The highest BCUT2D eigenvalue weighted by molar-refractivity contribution is 7.89. The van der Waals surface area contributed by atoms with Gasteiger partial charge in [-0.2, -0.15) is 18.8 Å². The van der Waals surface area contributed by atoms with Crippen molar-refractivity contribution < 1.29 is 8.42 Å². The highest BCUT2D eigenvalue weighted by atomic mass is 35.5. The third kappa shape index (κ3) is 3.45. The summed E-state index contributed by atoms with van der Waals surface area (Å²) in [7, 11) is -4.33. The van der Waals surface area contributed by atoms with Crippen LogP contribution in [0.3, 0.4) is 0 Å². The van der Waals surface area contributed by atoms with E-state index < -0.39 is 15.6 Å². The van der Waals surface area contributed by atoms with Crippen molar-refractivity contribution in [3.05, 3.63) is 51.4 Å². The predicted molar refractivity (Wildman–Crippen MR) is 97.7 cm³/mol. The van der Waals surface area contributed by atoms with Gasteiger partial charge in [-0.3, -0.25) is 4.79 Å². The zero-order valence-corrected chi connectivity index (χ0v) is 15.4. The van der Waals surface area contributed by atoms with Crippen molar-refractivity contribution in [3.8, 4) is 6.07 Å². The molecule has 3 rings (SSSR count). The third-order valence-corrected chi connectivity index (χ3v) is 6.36. The van der Waals surface area contributed by atoms with Crippen molar-refractivity contribution in [2.45, 2.75) is 43.0 Å². The summed E-state index contributed by atoms with van der Waals surface area (Å²) in [5, 5.41) is 15.9. The van der Waals surface area contributed by atoms with Crippen LogP contribution in [0.1, 0.15) is 37.7 Å². The maximum atomic E-state index is 12.8. The van der Waals surface area contributed by atoms with E-state index in [1.54, 1.807) is 6.07 Å². The smallest absolute Gasteiger partial charge is 0.302 e. The molecule has 0 atom stereocenters. The molecule has 0 radical (unpaired) electrons. The van der Waals surface area contributed by atoms with Crippen molar-refractivity contribution in [3.63, 3.8) is 0 Å². The fourth-order valence-electron chi connectivity index (χ4n) is 3.03. The maximum Gasteiger partial charge on any atom is 0.302 e. The van der Waals surface area contributed by atoms with Crippen LogP contribution in [0, 0.1) is 11.3 Å². The van der Waals surface area contributed by atoms with Crippen LogP contribution in [-0.2, 0) is 10.0 Å². The first-order chi connectivity index (χ1) is 12.4. The molecule has 0 amide bonds. The number of rotatable bonds is 4. The maximum absolute atomic E-state index is 12.8. The summed E-state index contributed by atoms with van der Waals surface area (Å²) in [5.41, 5.74) is -0.689. The Morgan fingerprint density at radius 2 is 1.92 bits per heavy atom. The molecular formula is C17H17ClN4O3S. The lowest BCUT2D eigenvalue weighted by Gasteiger charge is -2.24. The van der Waals surface area contributed by atoms with Gasteiger partial charge in [0.25, 0.3) is 10.0 Å². The summed E-state index contributed by atoms with van der Waals surface area (Å²) in [4.78, 5) is 12.2. The second-order valence-corrected chi connectivity index (χ2v) is 8.23. The minimum atomic E-state index is -4.33. The summed E-state index contributed by atoms with van der Waals surface area (Å²) >= 11 is 6.12. The van der Waals surface area contributed by atoms with E-state index in [1.165, 1.54) is 36.9 Å². The summed E-state index contributed by atoms with van der Waals surface area (Å²) in [6, 6.07) is 7.62. The van der Waals surface area contributed by atoms with Gasteiger partial charge in [-0.05, 0) is 25.0 Å². The van der Waals surface area contributed by atoms with Crippen molar-refractivity contribution in [2.24, 2.45) is 0 Å². The molecule has 1 aliphatic carbocycles. The molecule has 136 valence electrons. The molecule has 0 aliphatic heterocycles. The molecule has 2 aromatic rings. The van der Waals surface area contributed by atoms with Gasteiger partial charge in [0, 0.05) is 6.04 Å². The van der Waals surface area contributed by atoms with Crippen LogP contribution in [-0.4, -0.2) is 23.6 Å². The molecule has 1 aliphatic rings. The molecule has 1 aromatic heterocycles. The Hall–Kier alpha value is -2.37. The number of nitrogens with one attached hydrogen (secondary N) is 1. The van der Waals surface area contributed by atoms with Gasteiger partial charge in [-0.1, -0.05) is 43.0 Å². The second kappa shape index (κ2) is 7.48. The zero-order valence-electron chi connectivity index (χ0n) is 13.9. The lowest BCUT2D eigenvalue weighted by molar-refractivity contribution is 0.462. The zero-order chi connectivity index (χ0) is 18.7. The molecule has 9 heteroatoms. The molecule has 0 unspecified atom stereocenters. The van der Waals surface area contributed by atoms with Gasteiger partial charge in [0.05, 0.1) is 17.4 Å². The van der Waals surface area contributed by atoms with Crippen molar-refractivity contribution in [1.29, 1.82) is 5.26 Å². The number of nitriles is 1. The Morgan fingerprint density at radius 3 is 2.62 bits per heavy atom. The number of hydrogen-bond acceptors (Lipinski definition) is 6. The first-order valence-electron chi connectivity index (χ1n) is 8.24. The van der Waals surface area contributed by atoms with Gasteiger partial charge in [-0.15, -0.1) is 4.09 Å². The van der Waals surface area contributed by atoms with Gasteiger partial charge >= 0.3 is 5.56 Å². The Bertz CT molecular complexity index is 1020. The average molecular weight is 393 g/mol. The van der Waals surface area contributed by atoms with Gasteiger partial charge in [0.2, 0.25) is 0 Å². The number of anilines is 1. The first-order valence-corrected chi connectivity index (χ1v) is 10.1. The van der Waals surface area contributed by atoms with E-state index in [2.05, 4.69) is 10.4 Å². The lowest BCUT2D eigenvalue weighted by Crippen LogP contribution is -2.32. The molecule has 0 spiro atoms. The van der Waals surface area contributed by atoms with E-state index in [-0.39, 0.29) is 21.5 Å². The topological polar surface area (TPSA) is 105 Å². The monoisotopic (exact) mass is 392 g/mol. The number of hydrogen-bond donors (Lipinski definition) is 1. The van der Waals surface area contributed by atoms with E-state index in [9.17, 15) is 13.2 Å². The van der Waals surface area contributed by atoms with Crippen molar-refractivity contribution >= 4 is 27.3 Å². The summed E-state index contributed by atoms with van der Waals surface area (Å²) in [5.74, 6) is 0. The second-order valence-electron chi connectivity index (χ2n) is 6.11. The summed E-state index contributed by atoms with van der Waals surface area (Å²) < 4.78 is 25.8. The highest BCUT2D eigenvalue weighted by Gasteiger charge is 2.25. The number of nitrogens with zero attached hydrogens (tertiary/aromatic N) is 3. The van der Waals surface area contributed by atoms with Gasteiger partial charge in [0.1, 0.15) is 16.0 Å². The van der Waals surface area contributed by atoms with E-state index in [4.69, 9.17) is 16.9 Å². The molecule has 1 aromatic carbocycles. The number of halogens is 1. The van der Waals surface area contributed by atoms with E-state index >= 15 is 0 Å². The normalized spacial score (nSPS) is 15.4. The molecule has 1 heterocycles. The first kappa shape index (κ1) is 18.4. The summed E-state index contributed by atoms with van der Waals surface area (Å²) in [6.07, 6.45) is 6.55. The van der Waals surface area contributed by atoms with E-state index in [0.29, 0.717) is 9.77 Å². The lowest BCUT2D eigenvalue weighted by atomic mass is 9.95. The Kier molecular flexibility index (Phi) is 5.30. The van der Waals surface area contributed by atoms with Gasteiger partial charge in [0.15, 0.2) is 0 Å². The van der Waals surface area contributed by atoms with Gasteiger partial charge in [-0.25, -0.2) is 0 Å². The SMILES string of the molecule is N#Cc1ccccc1S(=O)(=O)n1ncc(NC2CCCCC2)c(Cl)c1=O. The molecule has 1 fully saturated rings. The fourth-order valence-corrected chi connectivity index (χ4v) is 4.58. The Balaban J connectivity index is 2.00. The standard InChI is InChI=1S/C17H17ClN4O3S/c18-16-14(21-13-7-2-1-3-8-13)11-20-22(17(16)23)26(24,25)15-9-5-4-6-12(15)10-19/h4-6,9,11,13,21H,1-3,7-8H2. The minimum Gasteiger partial charge on any atom is -0.380 e. The highest BCUT2D eigenvalue weighted by Crippen LogP contribution is 2.25. The molecular weight excluding hydrogens is 376 g/mol. The van der Waals surface area contributed by atoms with E-state index in [1.807, 2.05) is 0 Å². The van der Waals surface area contributed by atoms with Crippen molar-refractivity contribution in [2.75, 3.05) is 5.32 Å². The molecule has 0 saturated heterocycles. The number of benzene rings is 1. The minimum absolute atomic E-state index is 0.0678. The Labute approximate surface area is 156 Å². The van der Waals surface area contributed by atoms with Gasteiger partial charge < -0.3 is 5.32 Å². The van der Waals surface area contributed by atoms with Crippen molar-refractivity contribution in [1.82, 2.24) is 9.19 Å². The fraction of sp³-hybridized carbons (Fsp3) is 0.353. The Morgan fingerprint density at radius 1 is 1.23 bits per heavy atom. The van der Waals surface area contributed by atoms with Crippen LogP contribution in [0.25, 0.3) is 0 Å². The van der Waals surface area contributed by atoms with E-state index in [0.717, 1.165) is 25.7 Å². The van der Waals surface area contributed by atoms with Crippen LogP contribution in [0.5, 0.6) is 0 Å². The van der Waals surface area contributed by atoms with Crippen LogP contribution >= 0.6 is 11.6 Å². The molecule has 0 bridgehead atoms. The number of aromatic nitrogens is 2. The van der Waals surface area contributed by atoms with Crippen LogP contribution in [0.2, 0.25) is 5.02 Å². The molecule has 1 saturated carbocycles. The molecule has 1 N–H and O–H groups in total. The predicted octanol–water partition coefficient (Wildman–Crippen LogP) is 2.75. The van der Waals surface area contributed by atoms with Crippen LogP contribution < -0.4 is 10.9 Å². The largest absolute Gasteiger partial charge is 0.380 e. The third-order valence-electron chi connectivity index (χ3n) is 4.37. The van der Waals surface area contributed by atoms with Crippen LogP contribution in [0.15, 0.2) is 40.2 Å². The average Bonchev–Trinajstić information content (AvgIpc) is 2.66. The quantitative estimate of drug-likeness (QED) is 0.857.